The van der Waals surface area contributed by atoms with Crippen LogP contribution in [0.25, 0.3) is 10.9 Å². The van der Waals surface area contributed by atoms with Gasteiger partial charge in [-0.25, -0.2) is 0 Å². The molecule has 0 atom stereocenters. The molecule has 1 aromatic carbocycles. The van der Waals surface area contributed by atoms with Crippen LogP contribution in [0.5, 0.6) is 5.75 Å². The number of carboxylic acids is 1. The number of likely N-dealkylation sites (N-methyl/N-ethyl adjacent to an activating group) is 1. The Balaban J connectivity index is 2.64. The molecule has 0 spiro atoms. The maximum atomic E-state index is 13.0. The summed E-state index contributed by atoms with van der Waals surface area (Å²) in [6.07, 6.45) is 0.941. The van der Waals surface area contributed by atoms with Gasteiger partial charge in [-0.15, -0.1) is 0 Å². The molecule has 1 aromatic heterocycles. The maximum Gasteiger partial charge on any atom is 0.323 e. The van der Waals surface area contributed by atoms with Crippen molar-refractivity contribution in [3.05, 3.63) is 29.5 Å². The van der Waals surface area contributed by atoms with Gasteiger partial charge in [0.1, 0.15) is 12.3 Å². The molecule has 0 unspecified atom stereocenters. The average Bonchev–Trinajstić information content (AvgIpc) is 2.83. The number of fused-ring (bicyclic) bond motifs is 1. The van der Waals surface area contributed by atoms with E-state index in [1.165, 1.54) is 4.90 Å². The molecule has 2 rings (SSSR count). The monoisotopic (exact) mass is 332 g/mol. The van der Waals surface area contributed by atoms with Crippen molar-refractivity contribution in [1.82, 2.24) is 9.47 Å². The van der Waals surface area contributed by atoms with Crippen molar-refractivity contribution in [3.63, 3.8) is 0 Å². The molecular formula is C18H24N2O4. The molecule has 0 saturated heterocycles. The van der Waals surface area contributed by atoms with E-state index in [2.05, 4.69) is 11.5 Å². The number of aliphatic carboxylic acids is 1. The van der Waals surface area contributed by atoms with E-state index in [0.29, 0.717) is 17.9 Å². The van der Waals surface area contributed by atoms with Crippen molar-refractivity contribution >= 4 is 22.8 Å². The first-order valence-corrected chi connectivity index (χ1v) is 8.12. The van der Waals surface area contributed by atoms with E-state index >= 15 is 0 Å². The number of ether oxygens (including phenoxy) is 1. The second-order valence-corrected chi connectivity index (χ2v) is 5.71. The highest BCUT2D eigenvalue weighted by Crippen LogP contribution is 2.30. The molecule has 0 radical (unpaired) electrons. The fourth-order valence-electron chi connectivity index (χ4n) is 3.02. The number of rotatable bonds is 7. The first kappa shape index (κ1) is 17.8. The summed E-state index contributed by atoms with van der Waals surface area (Å²) in [7, 11) is 1.58. The second-order valence-electron chi connectivity index (χ2n) is 5.71. The number of amides is 1. The fraction of sp³-hybridized carbons (Fsp3) is 0.444. The summed E-state index contributed by atoms with van der Waals surface area (Å²) in [6, 6.07) is 5.66. The Kier molecular flexibility index (Phi) is 5.49. The highest BCUT2D eigenvalue weighted by molar-refractivity contribution is 6.09. The molecule has 0 bridgehead atoms. The van der Waals surface area contributed by atoms with Crippen LogP contribution in [0, 0.1) is 6.92 Å². The van der Waals surface area contributed by atoms with Crippen LogP contribution in [-0.4, -0.2) is 46.6 Å². The first-order chi connectivity index (χ1) is 11.4. The Morgan fingerprint density at radius 2 is 2.00 bits per heavy atom. The lowest BCUT2D eigenvalue weighted by atomic mass is 10.1. The van der Waals surface area contributed by atoms with Gasteiger partial charge in [-0.2, -0.15) is 0 Å². The summed E-state index contributed by atoms with van der Waals surface area (Å²) in [4.78, 5) is 25.4. The Labute approximate surface area is 141 Å². The van der Waals surface area contributed by atoms with Crippen molar-refractivity contribution in [3.8, 4) is 5.75 Å². The number of aryl methyl sites for hydroxylation is 1. The van der Waals surface area contributed by atoms with Crippen LogP contribution in [0.3, 0.4) is 0 Å². The molecule has 0 aliphatic rings. The summed E-state index contributed by atoms with van der Waals surface area (Å²) in [6.45, 7) is 6.60. The smallest absolute Gasteiger partial charge is 0.323 e. The number of hydrogen-bond acceptors (Lipinski definition) is 3. The standard InChI is InChI=1S/C18H24N2O4/c1-5-9-20-12(3)17(18(23)19(6-2)11-16(21)22)14-10-13(24-4)7-8-15(14)20/h7-8,10H,5-6,9,11H2,1-4H3,(H,21,22). The molecule has 1 N–H and O–H groups in total. The van der Waals surface area contributed by atoms with E-state index in [0.717, 1.165) is 29.6 Å². The van der Waals surface area contributed by atoms with Crippen molar-refractivity contribution in [2.24, 2.45) is 0 Å². The van der Waals surface area contributed by atoms with Crippen LogP contribution in [0.4, 0.5) is 0 Å². The zero-order valence-electron chi connectivity index (χ0n) is 14.6. The Morgan fingerprint density at radius 3 is 2.54 bits per heavy atom. The van der Waals surface area contributed by atoms with Gasteiger partial charge in [0.2, 0.25) is 0 Å². The molecule has 6 heteroatoms. The minimum Gasteiger partial charge on any atom is -0.497 e. The maximum absolute atomic E-state index is 13.0. The van der Waals surface area contributed by atoms with E-state index in [4.69, 9.17) is 9.84 Å². The predicted molar refractivity (Wildman–Crippen MR) is 92.7 cm³/mol. The molecule has 0 fully saturated rings. The molecule has 2 aromatic rings. The topological polar surface area (TPSA) is 71.8 Å². The normalized spacial score (nSPS) is 10.8. The highest BCUT2D eigenvalue weighted by Gasteiger charge is 2.25. The molecule has 0 aliphatic carbocycles. The molecule has 6 nitrogen and oxygen atoms in total. The second kappa shape index (κ2) is 7.38. The minimum absolute atomic E-state index is 0.259. The van der Waals surface area contributed by atoms with Crippen molar-refractivity contribution in [2.45, 2.75) is 33.7 Å². The lowest BCUT2D eigenvalue weighted by Gasteiger charge is -2.19. The summed E-state index contributed by atoms with van der Waals surface area (Å²) in [5, 5.41) is 9.85. The van der Waals surface area contributed by atoms with Crippen molar-refractivity contribution in [2.75, 3.05) is 20.2 Å². The molecule has 130 valence electrons. The minimum atomic E-state index is -1.02. The third-order valence-corrected chi connectivity index (χ3v) is 4.19. The number of aromatic nitrogens is 1. The quantitative estimate of drug-likeness (QED) is 0.846. The van der Waals surface area contributed by atoms with E-state index in [1.807, 2.05) is 25.1 Å². The third kappa shape index (κ3) is 3.22. The van der Waals surface area contributed by atoms with Gasteiger partial charge in [0, 0.05) is 29.7 Å². The van der Waals surface area contributed by atoms with Crippen LogP contribution in [-0.2, 0) is 11.3 Å². The van der Waals surface area contributed by atoms with E-state index in [1.54, 1.807) is 14.0 Å². The zero-order valence-corrected chi connectivity index (χ0v) is 14.6. The van der Waals surface area contributed by atoms with Gasteiger partial charge in [-0.1, -0.05) is 6.92 Å². The summed E-state index contributed by atoms with van der Waals surface area (Å²) < 4.78 is 7.40. The van der Waals surface area contributed by atoms with Gasteiger partial charge in [0.05, 0.1) is 12.7 Å². The molecule has 0 saturated carbocycles. The van der Waals surface area contributed by atoms with Gasteiger partial charge in [-0.3, -0.25) is 9.59 Å². The van der Waals surface area contributed by atoms with E-state index < -0.39 is 5.97 Å². The van der Waals surface area contributed by atoms with Crippen LogP contribution >= 0.6 is 0 Å². The Bertz CT molecular complexity index is 764. The zero-order chi connectivity index (χ0) is 17.9. The summed E-state index contributed by atoms with van der Waals surface area (Å²) in [5.41, 5.74) is 2.37. The van der Waals surface area contributed by atoms with Gasteiger partial charge in [0.25, 0.3) is 5.91 Å². The first-order valence-electron chi connectivity index (χ1n) is 8.12. The van der Waals surface area contributed by atoms with Crippen LogP contribution in [0.15, 0.2) is 18.2 Å². The summed E-state index contributed by atoms with van der Waals surface area (Å²) in [5.74, 6) is -0.602. The van der Waals surface area contributed by atoms with Crippen LogP contribution in [0.1, 0.15) is 36.3 Å². The lowest BCUT2D eigenvalue weighted by Crippen LogP contribution is -2.35. The van der Waals surface area contributed by atoms with Crippen LogP contribution < -0.4 is 4.74 Å². The summed E-state index contributed by atoms with van der Waals surface area (Å²) >= 11 is 0. The molecule has 24 heavy (non-hydrogen) atoms. The predicted octanol–water partition coefficient (Wildman–Crippen LogP) is 2.92. The number of carbonyl (C=O) groups excluding carboxylic acids is 1. The van der Waals surface area contributed by atoms with Gasteiger partial charge in [-0.05, 0) is 38.5 Å². The van der Waals surface area contributed by atoms with Crippen LogP contribution in [0.2, 0.25) is 0 Å². The van der Waals surface area contributed by atoms with E-state index in [-0.39, 0.29) is 12.5 Å². The molecule has 1 amide bonds. The van der Waals surface area contributed by atoms with Gasteiger partial charge >= 0.3 is 5.97 Å². The molecule has 0 aliphatic heterocycles. The highest BCUT2D eigenvalue weighted by atomic mass is 16.5. The Morgan fingerprint density at radius 1 is 1.29 bits per heavy atom. The number of hydrogen-bond donors (Lipinski definition) is 1. The van der Waals surface area contributed by atoms with Crippen molar-refractivity contribution in [1.29, 1.82) is 0 Å². The largest absolute Gasteiger partial charge is 0.497 e. The number of carbonyl (C=O) groups is 2. The fourth-order valence-corrected chi connectivity index (χ4v) is 3.02. The van der Waals surface area contributed by atoms with Gasteiger partial charge in [0.15, 0.2) is 0 Å². The third-order valence-electron chi connectivity index (χ3n) is 4.19. The average molecular weight is 332 g/mol. The number of nitrogens with zero attached hydrogens (tertiary/aromatic N) is 2. The molecule has 1 heterocycles. The lowest BCUT2D eigenvalue weighted by molar-refractivity contribution is -0.137. The molecular weight excluding hydrogens is 308 g/mol. The van der Waals surface area contributed by atoms with Crippen molar-refractivity contribution < 1.29 is 19.4 Å². The SMILES string of the molecule is CCCn1c(C)c(C(=O)N(CC)CC(=O)O)c2cc(OC)ccc21. The number of carboxylic acid groups (broad SMARTS) is 1. The van der Waals surface area contributed by atoms with Gasteiger partial charge < -0.3 is 19.3 Å². The Hall–Kier alpha value is -2.50. The number of methoxy groups -OCH3 is 1. The van der Waals surface area contributed by atoms with E-state index in [9.17, 15) is 9.59 Å². The number of benzene rings is 1.